The lowest BCUT2D eigenvalue weighted by molar-refractivity contribution is -0.136. The van der Waals surface area contributed by atoms with Gasteiger partial charge in [-0.1, -0.05) is 14.9 Å². The first-order valence-corrected chi connectivity index (χ1v) is 2.91. The molecule has 0 atom stereocenters. The van der Waals surface area contributed by atoms with Crippen molar-refractivity contribution in [3.8, 4) is 0 Å². The van der Waals surface area contributed by atoms with Crippen LogP contribution in [0.4, 0.5) is 0 Å². The third-order valence-electron chi connectivity index (χ3n) is 1.10. The second kappa shape index (κ2) is 5.35. The first-order valence-electron chi connectivity index (χ1n) is 2.91. The van der Waals surface area contributed by atoms with E-state index in [9.17, 15) is 4.79 Å². The molecule has 70 valence electrons. The van der Waals surface area contributed by atoms with Gasteiger partial charge in [0.25, 0.3) is 0 Å². The van der Waals surface area contributed by atoms with E-state index in [0.717, 1.165) is 5.82 Å². The van der Waals surface area contributed by atoms with Crippen molar-refractivity contribution in [1.29, 1.82) is 0 Å². The molecule has 1 rings (SSSR count). The highest BCUT2D eigenvalue weighted by Gasteiger charge is 2.01. The summed E-state index contributed by atoms with van der Waals surface area (Å²) in [6, 6.07) is 0. The van der Waals surface area contributed by atoms with E-state index in [2.05, 4.69) is 9.97 Å². The van der Waals surface area contributed by atoms with Crippen molar-refractivity contribution in [2.24, 2.45) is 0 Å². The molecule has 0 saturated carbocycles. The molecule has 0 aliphatic rings. The number of aryl methyl sites for hydroxylation is 1. The molecule has 4 heteroatoms. The van der Waals surface area contributed by atoms with E-state index in [1.165, 1.54) is 6.20 Å². The standard InChI is InChI=1S/C6H8N2O2.2CH4/c1-4-7-3-5(8-4)2-6(9)10;;/h3H,2H2,1H3,(H,7,8)(H,9,10);2*1H4. The molecule has 0 aromatic carbocycles. The quantitative estimate of drug-likeness (QED) is 0.712. The van der Waals surface area contributed by atoms with Crippen molar-refractivity contribution in [3.05, 3.63) is 17.7 Å². The van der Waals surface area contributed by atoms with E-state index in [-0.39, 0.29) is 21.3 Å². The van der Waals surface area contributed by atoms with Gasteiger partial charge < -0.3 is 10.1 Å². The summed E-state index contributed by atoms with van der Waals surface area (Å²) < 4.78 is 0. The molecule has 0 aliphatic carbocycles. The molecule has 0 unspecified atom stereocenters. The number of nitrogens with zero attached hydrogens (tertiary/aromatic N) is 1. The van der Waals surface area contributed by atoms with E-state index in [1.54, 1.807) is 6.92 Å². The number of aromatic amines is 1. The van der Waals surface area contributed by atoms with Crippen LogP contribution < -0.4 is 0 Å². The number of aromatic nitrogens is 2. The van der Waals surface area contributed by atoms with Crippen LogP contribution in [0.5, 0.6) is 0 Å². The van der Waals surface area contributed by atoms with Gasteiger partial charge in [0.1, 0.15) is 5.82 Å². The van der Waals surface area contributed by atoms with Crippen molar-refractivity contribution >= 4 is 5.97 Å². The minimum absolute atomic E-state index is 0. The number of carbonyl (C=O) groups is 1. The zero-order valence-corrected chi connectivity index (χ0v) is 5.59. The van der Waals surface area contributed by atoms with Gasteiger partial charge >= 0.3 is 5.97 Å². The number of carboxylic acid groups (broad SMARTS) is 1. The highest BCUT2D eigenvalue weighted by atomic mass is 16.4. The highest BCUT2D eigenvalue weighted by molar-refractivity contribution is 5.69. The Morgan fingerprint density at radius 3 is 2.58 bits per heavy atom. The van der Waals surface area contributed by atoms with Crippen molar-refractivity contribution < 1.29 is 9.90 Å². The number of rotatable bonds is 2. The van der Waals surface area contributed by atoms with Crippen molar-refractivity contribution in [3.63, 3.8) is 0 Å². The van der Waals surface area contributed by atoms with Gasteiger partial charge in [-0.15, -0.1) is 0 Å². The summed E-state index contributed by atoms with van der Waals surface area (Å²) >= 11 is 0. The van der Waals surface area contributed by atoms with Crippen LogP contribution in [0, 0.1) is 6.92 Å². The molecule has 0 saturated heterocycles. The zero-order valence-electron chi connectivity index (χ0n) is 5.59. The molecule has 0 aliphatic heterocycles. The topological polar surface area (TPSA) is 66.0 Å². The molecular weight excluding hydrogens is 156 g/mol. The van der Waals surface area contributed by atoms with Crippen molar-refractivity contribution in [2.45, 2.75) is 28.2 Å². The number of H-pyrrole nitrogens is 1. The van der Waals surface area contributed by atoms with Gasteiger partial charge in [0.15, 0.2) is 0 Å². The molecular formula is C8H16N2O2. The lowest BCUT2D eigenvalue weighted by atomic mass is 10.3. The van der Waals surface area contributed by atoms with E-state index < -0.39 is 5.97 Å². The Bertz CT molecular complexity index is 243. The van der Waals surface area contributed by atoms with Gasteiger partial charge in [0.05, 0.1) is 6.42 Å². The molecule has 12 heavy (non-hydrogen) atoms. The smallest absolute Gasteiger partial charge is 0.309 e. The number of hydrogen-bond donors (Lipinski definition) is 2. The summed E-state index contributed by atoms with van der Waals surface area (Å²) in [5, 5.41) is 8.33. The fraction of sp³-hybridized carbons (Fsp3) is 0.500. The molecule has 1 heterocycles. The van der Waals surface area contributed by atoms with Gasteiger partial charge in [-0.05, 0) is 6.92 Å². The fourth-order valence-electron chi connectivity index (χ4n) is 0.724. The molecule has 0 amide bonds. The second-order valence-corrected chi connectivity index (χ2v) is 2.06. The van der Waals surface area contributed by atoms with E-state index in [0.29, 0.717) is 5.69 Å². The van der Waals surface area contributed by atoms with Crippen LogP contribution >= 0.6 is 0 Å². The Labute approximate surface area is 72.7 Å². The average molecular weight is 172 g/mol. The Hall–Kier alpha value is -1.32. The Morgan fingerprint density at radius 1 is 1.67 bits per heavy atom. The Balaban J connectivity index is 0. The van der Waals surface area contributed by atoms with E-state index in [1.807, 2.05) is 0 Å². The number of aliphatic carboxylic acids is 1. The minimum atomic E-state index is -0.844. The summed E-state index contributed by atoms with van der Waals surface area (Å²) in [6.07, 6.45) is 1.55. The molecule has 1 aromatic heterocycles. The van der Waals surface area contributed by atoms with Gasteiger partial charge in [0, 0.05) is 11.9 Å². The lowest BCUT2D eigenvalue weighted by Gasteiger charge is -1.86. The van der Waals surface area contributed by atoms with Crippen LogP contribution in [0.15, 0.2) is 6.20 Å². The first kappa shape index (κ1) is 13.3. The maximum absolute atomic E-state index is 10.1. The van der Waals surface area contributed by atoms with Crippen LogP contribution in [0.25, 0.3) is 0 Å². The zero-order chi connectivity index (χ0) is 7.56. The van der Waals surface area contributed by atoms with Gasteiger partial charge in [-0.2, -0.15) is 0 Å². The molecule has 0 spiro atoms. The first-order chi connectivity index (χ1) is 4.68. The lowest BCUT2D eigenvalue weighted by Crippen LogP contribution is -1.99. The molecule has 0 radical (unpaired) electrons. The molecule has 4 nitrogen and oxygen atoms in total. The summed E-state index contributed by atoms with van der Waals surface area (Å²) in [4.78, 5) is 16.8. The maximum Gasteiger partial charge on any atom is 0.309 e. The average Bonchev–Trinajstić information content (AvgIpc) is 2.13. The SMILES string of the molecule is C.C.Cc1ncc(CC(=O)O)[nH]1. The third kappa shape index (κ3) is 3.75. The van der Waals surface area contributed by atoms with Crippen LogP contribution in [0.3, 0.4) is 0 Å². The van der Waals surface area contributed by atoms with Gasteiger partial charge in [-0.25, -0.2) is 4.98 Å². The third-order valence-corrected chi connectivity index (χ3v) is 1.10. The Kier molecular flexibility index (Phi) is 5.92. The minimum Gasteiger partial charge on any atom is -0.481 e. The van der Waals surface area contributed by atoms with Gasteiger partial charge in [-0.3, -0.25) is 4.79 Å². The van der Waals surface area contributed by atoms with Crippen LogP contribution in [-0.4, -0.2) is 21.0 Å². The number of carboxylic acids is 1. The molecule has 2 N–H and O–H groups in total. The predicted octanol–water partition coefficient (Wildman–Crippen LogP) is 1.62. The largest absolute Gasteiger partial charge is 0.481 e. The second-order valence-electron chi connectivity index (χ2n) is 2.06. The summed E-state index contributed by atoms with van der Waals surface area (Å²) in [5.74, 6) is -0.0973. The normalized spacial score (nSPS) is 8.08. The summed E-state index contributed by atoms with van der Waals surface area (Å²) in [5.41, 5.74) is 0.644. The number of nitrogens with one attached hydrogen (secondary N) is 1. The number of imidazole rings is 1. The molecule has 1 aromatic rings. The van der Waals surface area contributed by atoms with Crippen molar-refractivity contribution in [1.82, 2.24) is 9.97 Å². The molecule has 0 bridgehead atoms. The maximum atomic E-state index is 10.1. The highest BCUT2D eigenvalue weighted by Crippen LogP contribution is 1.95. The van der Waals surface area contributed by atoms with Crippen LogP contribution in [0.2, 0.25) is 0 Å². The van der Waals surface area contributed by atoms with Crippen LogP contribution in [0.1, 0.15) is 26.4 Å². The molecule has 0 fully saturated rings. The van der Waals surface area contributed by atoms with Crippen LogP contribution in [-0.2, 0) is 11.2 Å². The monoisotopic (exact) mass is 172 g/mol. The summed E-state index contributed by atoms with van der Waals surface area (Å²) in [6.45, 7) is 1.78. The summed E-state index contributed by atoms with van der Waals surface area (Å²) in [7, 11) is 0. The van der Waals surface area contributed by atoms with Crippen molar-refractivity contribution in [2.75, 3.05) is 0 Å². The van der Waals surface area contributed by atoms with E-state index >= 15 is 0 Å². The Morgan fingerprint density at radius 2 is 2.25 bits per heavy atom. The van der Waals surface area contributed by atoms with E-state index in [4.69, 9.17) is 5.11 Å². The fourth-order valence-corrected chi connectivity index (χ4v) is 0.724. The van der Waals surface area contributed by atoms with Gasteiger partial charge in [0.2, 0.25) is 0 Å². The predicted molar refractivity (Wildman–Crippen MR) is 48.1 cm³/mol. The number of hydrogen-bond acceptors (Lipinski definition) is 2.